The predicted octanol–water partition coefficient (Wildman–Crippen LogP) is 2.74. The summed E-state index contributed by atoms with van der Waals surface area (Å²) in [6, 6.07) is 12.7. The summed E-state index contributed by atoms with van der Waals surface area (Å²) >= 11 is 0. The fraction of sp³-hybridized carbons (Fsp3) is 0.286. The summed E-state index contributed by atoms with van der Waals surface area (Å²) in [6.07, 6.45) is 0. The molecule has 0 bridgehead atoms. The molecule has 1 aliphatic heterocycles. The third-order valence-corrected chi connectivity index (χ3v) is 4.72. The molecule has 0 spiro atoms. The quantitative estimate of drug-likeness (QED) is 0.712. The van der Waals surface area contributed by atoms with E-state index < -0.39 is 0 Å². The average Bonchev–Trinajstić information content (AvgIpc) is 2.78. The maximum Gasteiger partial charge on any atom is 0.278 e. The van der Waals surface area contributed by atoms with Crippen molar-refractivity contribution in [1.29, 1.82) is 0 Å². The molecule has 3 aromatic rings. The number of amides is 1. The number of nitrogens with zero attached hydrogens (tertiary/aromatic N) is 3. The van der Waals surface area contributed by atoms with Gasteiger partial charge in [0.15, 0.2) is 23.0 Å². The maximum atomic E-state index is 13.1. The minimum atomic E-state index is -0.336. The van der Waals surface area contributed by atoms with Gasteiger partial charge in [-0.3, -0.25) is 4.79 Å². The Morgan fingerprint density at radius 2 is 1.69 bits per heavy atom. The molecule has 1 amide bonds. The van der Waals surface area contributed by atoms with Crippen LogP contribution >= 0.6 is 0 Å². The minimum absolute atomic E-state index is 0.278. The molecule has 150 valence electrons. The Kier molecular flexibility index (Phi) is 5.44. The van der Waals surface area contributed by atoms with Crippen LogP contribution in [0.2, 0.25) is 0 Å². The number of anilines is 2. The lowest BCUT2D eigenvalue weighted by atomic mass is 10.2. The molecular weight excluding hydrogens is 372 g/mol. The van der Waals surface area contributed by atoms with E-state index in [1.165, 1.54) is 0 Å². The van der Waals surface area contributed by atoms with E-state index in [1.807, 2.05) is 29.2 Å². The normalized spacial score (nSPS) is 13.9. The molecule has 0 saturated carbocycles. The fourth-order valence-corrected chi connectivity index (χ4v) is 3.24. The van der Waals surface area contributed by atoms with Crippen molar-refractivity contribution >= 4 is 28.4 Å². The highest BCUT2D eigenvalue weighted by Gasteiger charge is 2.23. The predicted molar refractivity (Wildman–Crippen MR) is 110 cm³/mol. The third kappa shape index (κ3) is 3.93. The van der Waals surface area contributed by atoms with Crippen LogP contribution in [0.15, 0.2) is 42.5 Å². The van der Waals surface area contributed by atoms with E-state index in [4.69, 9.17) is 19.2 Å². The average molecular weight is 394 g/mol. The molecule has 4 rings (SSSR count). The summed E-state index contributed by atoms with van der Waals surface area (Å²) < 4.78 is 16.0. The second kappa shape index (κ2) is 8.32. The van der Waals surface area contributed by atoms with Gasteiger partial charge in [-0.15, -0.1) is 0 Å². The third-order valence-electron chi connectivity index (χ3n) is 4.72. The molecule has 29 heavy (non-hydrogen) atoms. The van der Waals surface area contributed by atoms with E-state index in [-0.39, 0.29) is 11.6 Å². The molecule has 1 aliphatic rings. The van der Waals surface area contributed by atoms with Crippen LogP contribution in [0.25, 0.3) is 11.0 Å². The number of hydrogen-bond acceptors (Lipinski definition) is 7. The summed E-state index contributed by atoms with van der Waals surface area (Å²) in [6.45, 7) is 2.49. The van der Waals surface area contributed by atoms with Crippen molar-refractivity contribution in [3.05, 3.63) is 48.2 Å². The van der Waals surface area contributed by atoms with Crippen LogP contribution in [0.3, 0.4) is 0 Å². The van der Waals surface area contributed by atoms with Gasteiger partial charge in [-0.25, -0.2) is 9.97 Å². The Morgan fingerprint density at radius 3 is 2.38 bits per heavy atom. The van der Waals surface area contributed by atoms with Gasteiger partial charge in [0.05, 0.1) is 38.5 Å². The van der Waals surface area contributed by atoms with E-state index in [9.17, 15) is 4.79 Å². The number of carbonyl (C=O) groups excluding carboxylic acids is 1. The van der Waals surface area contributed by atoms with E-state index in [0.29, 0.717) is 54.8 Å². The first-order valence-corrected chi connectivity index (χ1v) is 9.32. The second-order valence-electron chi connectivity index (χ2n) is 6.51. The Morgan fingerprint density at radius 1 is 1.00 bits per heavy atom. The molecule has 1 aromatic heterocycles. The Bertz CT molecular complexity index is 1030. The molecule has 2 aromatic carbocycles. The van der Waals surface area contributed by atoms with Gasteiger partial charge in [0, 0.05) is 24.8 Å². The highest BCUT2D eigenvalue weighted by molar-refractivity contribution is 6.07. The van der Waals surface area contributed by atoms with Gasteiger partial charge in [-0.2, -0.15) is 0 Å². The zero-order valence-electron chi connectivity index (χ0n) is 16.3. The summed E-state index contributed by atoms with van der Waals surface area (Å²) in [5, 5.41) is 2.89. The van der Waals surface area contributed by atoms with Crippen molar-refractivity contribution in [3.8, 4) is 11.5 Å². The smallest absolute Gasteiger partial charge is 0.278 e. The van der Waals surface area contributed by atoms with Gasteiger partial charge < -0.3 is 24.4 Å². The monoisotopic (exact) mass is 394 g/mol. The molecule has 0 atom stereocenters. The van der Waals surface area contributed by atoms with Gasteiger partial charge in [0.1, 0.15) is 0 Å². The van der Waals surface area contributed by atoms with E-state index >= 15 is 0 Å². The lowest BCUT2D eigenvalue weighted by molar-refractivity contribution is 0.102. The number of nitrogens with one attached hydrogen (secondary N) is 1. The number of benzene rings is 2. The Labute approximate surface area is 168 Å². The molecule has 1 fully saturated rings. The number of hydrogen-bond donors (Lipinski definition) is 1. The van der Waals surface area contributed by atoms with Crippen molar-refractivity contribution in [2.24, 2.45) is 0 Å². The number of carbonyl (C=O) groups is 1. The SMILES string of the molecule is COc1ccc(NC(=O)c2nc3ccccc3nc2N2CCOCC2)cc1OC. The van der Waals surface area contributed by atoms with Gasteiger partial charge in [-0.1, -0.05) is 12.1 Å². The second-order valence-corrected chi connectivity index (χ2v) is 6.51. The molecular formula is C21H22N4O4. The molecule has 2 heterocycles. The number of morpholine rings is 1. The summed E-state index contributed by atoms with van der Waals surface area (Å²) in [7, 11) is 3.12. The molecule has 0 aliphatic carbocycles. The van der Waals surface area contributed by atoms with Crippen molar-refractivity contribution in [1.82, 2.24) is 9.97 Å². The number of rotatable bonds is 5. The highest BCUT2D eigenvalue weighted by Crippen LogP contribution is 2.30. The van der Waals surface area contributed by atoms with E-state index in [1.54, 1.807) is 32.4 Å². The number of para-hydroxylation sites is 2. The first kappa shape index (κ1) is 18.9. The van der Waals surface area contributed by atoms with E-state index in [0.717, 1.165) is 5.52 Å². The van der Waals surface area contributed by atoms with Crippen LogP contribution in [-0.2, 0) is 4.74 Å². The summed E-state index contributed by atoms with van der Waals surface area (Å²) in [5.74, 6) is 1.34. The zero-order chi connectivity index (χ0) is 20.2. The van der Waals surface area contributed by atoms with Crippen LogP contribution in [0.4, 0.5) is 11.5 Å². The first-order chi connectivity index (χ1) is 14.2. The summed E-state index contributed by atoms with van der Waals surface area (Å²) in [4.78, 5) is 24.5. The number of aromatic nitrogens is 2. The van der Waals surface area contributed by atoms with Crippen LogP contribution < -0.4 is 19.7 Å². The first-order valence-electron chi connectivity index (χ1n) is 9.32. The lowest BCUT2D eigenvalue weighted by Gasteiger charge is -2.29. The van der Waals surface area contributed by atoms with Crippen LogP contribution in [-0.4, -0.2) is 56.4 Å². The molecule has 8 heteroatoms. The molecule has 1 saturated heterocycles. The molecule has 0 radical (unpaired) electrons. The van der Waals surface area contributed by atoms with Gasteiger partial charge in [0.2, 0.25) is 0 Å². The Balaban J connectivity index is 1.70. The van der Waals surface area contributed by atoms with Crippen LogP contribution in [0.1, 0.15) is 10.5 Å². The lowest BCUT2D eigenvalue weighted by Crippen LogP contribution is -2.38. The topological polar surface area (TPSA) is 85.8 Å². The number of fused-ring (bicyclic) bond motifs is 1. The van der Waals surface area contributed by atoms with Crippen molar-refractivity contribution < 1.29 is 19.0 Å². The molecule has 8 nitrogen and oxygen atoms in total. The fourth-order valence-electron chi connectivity index (χ4n) is 3.24. The van der Waals surface area contributed by atoms with Gasteiger partial charge in [0.25, 0.3) is 5.91 Å². The van der Waals surface area contributed by atoms with Crippen LogP contribution in [0.5, 0.6) is 11.5 Å². The summed E-state index contributed by atoms with van der Waals surface area (Å²) in [5.41, 5.74) is 2.27. The van der Waals surface area contributed by atoms with Gasteiger partial charge in [-0.05, 0) is 24.3 Å². The Hall–Kier alpha value is -3.39. The molecule has 1 N–H and O–H groups in total. The highest BCUT2D eigenvalue weighted by atomic mass is 16.5. The number of methoxy groups -OCH3 is 2. The number of ether oxygens (including phenoxy) is 3. The standard InChI is InChI=1S/C21H22N4O4/c1-27-17-8-7-14(13-18(17)28-2)22-21(26)19-20(25-9-11-29-12-10-25)24-16-6-4-3-5-15(16)23-19/h3-8,13H,9-12H2,1-2H3,(H,22,26). The minimum Gasteiger partial charge on any atom is -0.493 e. The van der Waals surface area contributed by atoms with Crippen molar-refractivity contribution in [3.63, 3.8) is 0 Å². The van der Waals surface area contributed by atoms with Crippen molar-refractivity contribution in [2.45, 2.75) is 0 Å². The van der Waals surface area contributed by atoms with Crippen molar-refractivity contribution in [2.75, 3.05) is 50.7 Å². The van der Waals surface area contributed by atoms with Gasteiger partial charge >= 0.3 is 0 Å². The zero-order valence-corrected chi connectivity index (χ0v) is 16.3. The van der Waals surface area contributed by atoms with Crippen LogP contribution in [0, 0.1) is 0 Å². The molecule has 0 unspecified atom stereocenters. The largest absolute Gasteiger partial charge is 0.493 e. The van der Waals surface area contributed by atoms with E-state index in [2.05, 4.69) is 10.3 Å². The maximum absolute atomic E-state index is 13.1.